The molecular formula is C11H12FNO2S. The number of amides is 1. The van der Waals surface area contributed by atoms with E-state index in [0.717, 1.165) is 4.90 Å². The minimum absolute atomic E-state index is 0.0733. The first-order valence-electron chi connectivity index (χ1n) is 4.93. The number of anilines is 1. The predicted octanol–water partition coefficient (Wildman–Crippen LogP) is 2.51. The molecule has 0 fully saturated rings. The lowest BCUT2D eigenvalue weighted by Crippen LogP contribution is -2.20. The average Bonchev–Trinajstić information content (AvgIpc) is 2.39. The quantitative estimate of drug-likeness (QED) is 0.821. The van der Waals surface area contributed by atoms with Crippen LogP contribution in [0.25, 0.3) is 0 Å². The number of nitrogens with one attached hydrogen (secondary N) is 1. The summed E-state index contributed by atoms with van der Waals surface area (Å²) in [5.41, 5.74) is 0.526. The summed E-state index contributed by atoms with van der Waals surface area (Å²) in [6.45, 7) is 1.85. The minimum atomic E-state index is -0.461. The van der Waals surface area contributed by atoms with Crippen molar-refractivity contribution in [1.29, 1.82) is 0 Å². The van der Waals surface area contributed by atoms with E-state index in [9.17, 15) is 9.18 Å². The Labute approximate surface area is 97.4 Å². The van der Waals surface area contributed by atoms with E-state index >= 15 is 0 Å². The average molecular weight is 241 g/mol. The zero-order valence-corrected chi connectivity index (χ0v) is 9.86. The third-order valence-electron chi connectivity index (χ3n) is 2.45. The molecule has 0 aromatic heterocycles. The molecule has 1 atom stereocenters. The summed E-state index contributed by atoms with van der Waals surface area (Å²) in [7, 11) is 1.42. The fraction of sp³-hybridized carbons (Fsp3) is 0.364. The van der Waals surface area contributed by atoms with E-state index in [1.807, 2.05) is 6.92 Å². The molecule has 16 heavy (non-hydrogen) atoms. The molecule has 0 saturated heterocycles. The highest BCUT2D eigenvalue weighted by Gasteiger charge is 2.21. The minimum Gasteiger partial charge on any atom is -0.494 e. The molecule has 1 aromatic carbocycles. The molecule has 1 amide bonds. The summed E-state index contributed by atoms with van der Waals surface area (Å²) in [5.74, 6) is 0.280. The maximum absolute atomic E-state index is 13.4. The van der Waals surface area contributed by atoms with E-state index in [-0.39, 0.29) is 17.6 Å². The van der Waals surface area contributed by atoms with Crippen molar-refractivity contribution in [2.75, 3.05) is 18.2 Å². The first kappa shape index (κ1) is 11.3. The van der Waals surface area contributed by atoms with Gasteiger partial charge in [-0.2, -0.15) is 0 Å². The highest BCUT2D eigenvalue weighted by atomic mass is 32.2. The van der Waals surface area contributed by atoms with Crippen molar-refractivity contribution < 1.29 is 13.9 Å². The maximum Gasteiger partial charge on any atom is 0.228 e. The molecule has 1 unspecified atom stereocenters. The topological polar surface area (TPSA) is 38.3 Å². The fourth-order valence-corrected chi connectivity index (χ4v) is 2.49. The normalized spacial score (nSPS) is 19.7. The highest BCUT2D eigenvalue weighted by Crippen LogP contribution is 2.36. The number of carbonyl (C=O) groups excluding carboxylic acids is 1. The first-order valence-corrected chi connectivity index (χ1v) is 5.91. The van der Waals surface area contributed by atoms with Gasteiger partial charge in [0.1, 0.15) is 0 Å². The van der Waals surface area contributed by atoms with Gasteiger partial charge < -0.3 is 10.1 Å². The van der Waals surface area contributed by atoms with Gasteiger partial charge >= 0.3 is 0 Å². The second-order valence-corrected chi connectivity index (χ2v) is 4.75. The molecule has 5 heteroatoms. The van der Waals surface area contributed by atoms with Crippen molar-refractivity contribution >= 4 is 23.4 Å². The number of rotatable bonds is 1. The number of halogens is 1. The zero-order chi connectivity index (χ0) is 11.7. The van der Waals surface area contributed by atoms with Crippen LogP contribution in [-0.2, 0) is 4.79 Å². The Kier molecular flexibility index (Phi) is 3.05. The highest BCUT2D eigenvalue weighted by molar-refractivity contribution is 7.99. The number of thioether (sulfide) groups is 1. The van der Waals surface area contributed by atoms with Gasteiger partial charge in [-0.15, -0.1) is 11.8 Å². The molecule has 1 aliphatic rings. The van der Waals surface area contributed by atoms with Gasteiger partial charge in [0.05, 0.1) is 12.8 Å². The summed E-state index contributed by atoms with van der Waals surface area (Å²) in [5, 5.41) is 2.71. The summed E-state index contributed by atoms with van der Waals surface area (Å²) in [6.07, 6.45) is 0. The molecule has 0 spiro atoms. The predicted molar refractivity (Wildman–Crippen MR) is 61.5 cm³/mol. The zero-order valence-electron chi connectivity index (χ0n) is 9.04. The van der Waals surface area contributed by atoms with E-state index < -0.39 is 5.82 Å². The molecule has 3 nitrogen and oxygen atoms in total. The second kappa shape index (κ2) is 4.33. The molecule has 1 aromatic rings. The molecule has 1 aliphatic heterocycles. The maximum atomic E-state index is 13.4. The third kappa shape index (κ3) is 2.00. The lowest BCUT2D eigenvalue weighted by Gasteiger charge is -2.09. The number of hydrogen-bond donors (Lipinski definition) is 1. The van der Waals surface area contributed by atoms with Crippen LogP contribution < -0.4 is 10.1 Å². The fourth-order valence-electron chi connectivity index (χ4n) is 1.45. The van der Waals surface area contributed by atoms with Crippen LogP contribution in [-0.4, -0.2) is 18.8 Å². The largest absolute Gasteiger partial charge is 0.494 e. The van der Waals surface area contributed by atoms with Crippen molar-refractivity contribution in [2.24, 2.45) is 5.92 Å². The van der Waals surface area contributed by atoms with E-state index in [0.29, 0.717) is 11.4 Å². The van der Waals surface area contributed by atoms with Gasteiger partial charge in [0.15, 0.2) is 11.6 Å². The first-order chi connectivity index (χ1) is 7.61. The van der Waals surface area contributed by atoms with E-state index in [1.165, 1.54) is 24.9 Å². The van der Waals surface area contributed by atoms with Crippen molar-refractivity contribution in [3.05, 3.63) is 17.9 Å². The third-order valence-corrected chi connectivity index (χ3v) is 3.76. The summed E-state index contributed by atoms with van der Waals surface area (Å²) < 4.78 is 18.4. The second-order valence-electron chi connectivity index (χ2n) is 3.68. The van der Waals surface area contributed by atoms with Gasteiger partial charge in [-0.3, -0.25) is 4.79 Å². The van der Waals surface area contributed by atoms with Crippen LogP contribution in [0.5, 0.6) is 5.75 Å². The van der Waals surface area contributed by atoms with Gasteiger partial charge in [0.2, 0.25) is 5.91 Å². The molecule has 1 N–H and O–H groups in total. The lowest BCUT2D eigenvalue weighted by atomic mass is 10.2. The summed E-state index contributed by atoms with van der Waals surface area (Å²) in [6, 6.07) is 2.92. The molecule has 2 rings (SSSR count). The van der Waals surface area contributed by atoms with Gasteiger partial charge in [-0.25, -0.2) is 4.39 Å². The van der Waals surface area contributed by atoms with Crippen LogP contribution in [0.3, 0.4) is 0 Å². The van der Waals surface area contributed by atoms with Crippen molar-refractivity contribution in [1.82, 2.24) is 0 Å². The molecule has 86 valence electrons. The number of ether oxygens (including phenoxy) is 1. The van der Waals surface area contributed by atoms with Crippen molar-refractivity contribution in [3.63, 3.8) is 0 Å². The molecule has 0 radical (unpaired) electrons. The van der Waals surface area contributed by atoms with E-state index in [4.69, 9.17) is 4.74 Å². The number of hydrogen-bond acceptors (Lipinski definition) is 3. The summed E-state index contributed by atoms with van der Waals surface area (Å²) >= 11 is 1.53. The van der Waals surface area contributed by atoms with E-state index in [2.05, 4.69) is 5.32 Å². The van der Waals surface area contributed by atoms with Crippen LogP contribution >= 0.6 is 11.8 Å². The van der Waals surface area contributed by atoms with Crippen molar-refractivity contribution in [3.8, 4) is 5.75 Å². The Hall–Kier alpha value is -1.23. The van der Waals surface area contributed by atoms with Gasteiger partial charge in [-0.1, -0.05) is 6.92 Å². The Bertz CT molecular complexity index is 436. The molecular weight excluding hydrogens is 229 g/mol. The van der Waals surface area contributed by atoms with Gasteiger partial charge in [0.25, 0.3) is 0 Å². The number of benzene rings is 1. The Morgan fingerprint density at radius 3 is 3.00 bits per heavy atom. The Morgan fingerprint density at radius 2 is 2.31 bits per heavy atom. The van der Waals surface area contributed by atoms with Crippen LogP contribution in [0.1, 0.15) is 6.92 Å². The van der Waals surface area contributed by atoms with Crippen LogP contribution in [0, 0.1) is 11.7 Å². The van der Waals surface area contributed by atoms with Crippen molar-refractivity contribution in [2.45, 2.75) is 11.8 Å². The van der Waals surface area contributed by atoms with Gasteiger partial charge in [0, 0.05) is 22.6 Å². The SMILES string of the molecule is COc1cc2c(cc1F)NC(=O)C(C)CS2. The smallest absolute Gasteiger partial charge is 0.228 e. The number of methoxy groups -OCH3 is 1. The van der Waals surface area contributed by atoms with Crippen LogP contribution in [0.15, 0.2) is 17.0 Å². The number of carbonyl (C=O) groups is 1. The summed E-state index contributed by atoms with van der Waals surface area (Å²) in [4.78, 5) is 12.4. The Morgan fingerprint density at radius 1 is 1.56 bits per heavy atom. The molecule has 0 aliphatic carbocycles. The van der Waals surface area contributed by atoms with Crippen LogP contribution in [0.2, 0.25) is 0 Å². The molecule has 0 bridgehead atoms. The standard InChI is InChI=1S/C11H12FNO2S/c1-6-5-16-10-4-9(15-2)7(12)3-8(10)13-11(6)14/h3-4,6H,5H2,1-2H3,(H,13,14). The van der Waals surface area contributed by atoms with Crippen LogP contribution in [0.4, 0.5) is 10.1 Å². The molecule has 1 heterocycles. The Balaban J connectivity index is 2.42. The van der Waals surface area contributed by atoms with Gasteiger partial charge in [-0.05, 0) is 6.07 Å². The monoisotopic (exact) mass is 241 g/mol. The molecule has 0 saturated carbocycles. The van der Waals surface area contributed by atoms with E-state index in [1.54, 1.807) is 6.07 Å². The number of fused-ring (bicyclic) bond motifs is 1. The lowest BCUT2D eigenvalue weighted by molar-refractivity contribution is -0.118.